The van der Waals surface area contributed by atoms with Gasteiger partial charge in [-0.2, -0.15) is 15.1 Å². The Morgan fingerprint density at radius 1 is 1.07 bits per heavy atom. The van der Waals surface area contributed by atoms with E-state index >= 15 is 0 Å². The van der Waals surface area contributed by atoms with Crippen LogP contribution in [0, 0.1) is 6.92 Å². The highest BCUT2D eigenvalue weighted by Gasteiger charge is 2.06. The van der Waals surface area contributed by atoms with E-state index in [1.54, 1.807) is 12.4 Å². The Labute approximate surface area is 177 Å². The van der Waals surface area contributed by atoms with E-state index in [0.29, 0.717) is 30.7 Å². The first-order valence-corrected chi connectivity index (χ1v) is 10.2. The number of nitrogens with zero attached hydrogens (tertiary/aromatic N) is 4. The summed E-state index contributed by atoms with van der Waals surface area (Å²) in [6.07, 6.45) is 6.40. The van der Waals surface area contributed by atoms with Crippen molar-refractivity contribution in [2.24, 2.45) is 5.10 Å². The number of aromatic nitrogens is 3. The van der Waals surface area contributed by atoms with E-state index in [0.717, 1.165) is 30.6 Å². The third-order valence-corrected chi connectivity index (χ3v) is 4.29. The summed E-state index contributed by atoms with van der Waals surface area (Å²) >= 11 is 0. The molecule has 0 unspecified atom stereocenters. The summed E-state index contributed by atoms with van der Waals surface area (Å²) in [5.41, 5.74) is 6.15. The number of pyridine rings is 1. The Kier molecular flexibility index (Phi) is 8.14. The molecule has 1 aromatic carbocycles. The quantitative estimate of drug-likeness (QED) is 0.279. The van der Waals surface area contributed by atoms with Crippen LogP contribution in [0.4, 0.5) is 11.6 Å². The van der Waals surface area contributed by atoms with Crippen molar-refractivity contribution in [3.63, 3.8) is 0 Å². The monoisotopic (exact) mass is 404 g/mol. The summed E-state index contributed by atoms with van der Waals surface area (Å²) in [6, 6.07) is 16.1. The minimum absolute atomic E-state index is 0.306. The third kappa shape index (κ3) is 7.16. The average molecular weight is 405 g/mol. The zero-order valence-corrected chi connectivity index (χ0v) is 17.5. The van der Waals surface area contributed by atoms with Gasteiger partial charge in [-0.25, -0.2) is 0 Å². The Balaban J connectivity index is 1.65. The van der Waals surface area contributed by atoms with Crippen LogP contribution in [0.15, 0.2) is 59.8 Å². The summed E-state index contributed by atoms with van der Waals surface area (Å²) < 4.78 is 5.78. The number of hydrogen-bond acceptors (Lipinski definition) is 7. The van der Waals surface area contributed by atoms with E-state index in [4.69, 9.17) is 4.74 Å². The smallest absolute Gasteiger partial charge is 0.320 e. The van der Waals surface area contributed by atoms with Crippen LogP contribution in [0.25, 0.3) is 0 Å². The molecular formula is C23H28N6O. The van der Waals surface area contributed by atoms with Crippen molar-refractivity contribution >= 4 is 17.9 Å². The van der Waals surface area contributed by atoms with Gasteiger partial charge in [0.25, 0.3) is 0 Å². The number of rotatable bonds is 11. The molecule has 0 radical (unpaired) electrons. The van der Waals surface area contributed by atoms with Crippen molar-refractivity contribution in [1.82, 2.24) is 15.0 Å². The van der Waals surface area contributed by atoms with E-state index < -0.39 is 0 Å². The molecule has 3 rings (SSSR count). The van der Waals surface area contributed by atoms with Crippen molar-refractivity contribution in [3.05, 3.63) is 71.5 Å². The van der Waals surface area contributed by atoms with Gasteiger partial charge >= 0.3 is 6.01 Å². The lowest BCUT2D eigenvalue weighted by atomic mass is 10.2. The molecule has 0 amide bonds. The van der Waals surface area contributed by atoms with Crippen LogP contribution in [0.3, 0.4) is 0 Å². The molecule has 0 aliphatic carbocycles. The molecule has 0 atom stereocenters. The highest BCUT2D eigenvalue weighted by Crippen LogP contribution is 2.16. The van der Waals surface area contributed by atoms with Gasteiger partial charge in [-0.1, -0.05) is 49.2 Å². The molecule has 156 valence electrons. The minimum atomic E-state index is 0.306. The van der Waals surface area contributed by atoms with Gasteiger partial charge in [-0.3, -0.25) is 10.4 Å². The van der Waals surface area contributed by atoms with Crippen molar-refractivity contribution in [2.45, 2.75) is 33.1 Å². The number of ether oxygens (including phenoxy) is 1. The summed E-state index contributed by atoms with van der Waals surface area (Å²) in [7, 11) is 0. The Morgan fingerprint density at radius 2 is 1.97 bits per heavy atom. The Bertz CT molecular complexity index is 945. The van der Waals surface area contributed by atoms with Crippen LogP contribution in [-0.2, 0) is 6.42 Å². The largest absolute Gasteiger partial charge is 0.463 e. The second kappa shape index (κ2) is 11.5. The number of anilines is 2. The van der Waals surface area contributed by atoms with Crippen LogP contribution in [0.5, 0.6) is 6.01 Å². The molecule has 0 saturated heterocycles. The molecule has 0 bridgehead atoms. The lowest BCUT2D eigenvalue weighted by Crippen LogP contribution is -2.09. The first-order chi connectivity index (χ1) is 14.7. The van der Waals surface area contributed by atoms with Gasteiger partial charge in [0.2, 0.25) is 0 Å². The van der Waals surface area contributed by atoms with E-state index in [1.165, 1.54) is 5.56 Å². The van der Waals surface area contributed by atoms with Crippen LogP contribution < -0.4 is 15.5 Å². The zero-order valence-electron chi connectivity index (χ0n) is 17.5. The van der Waals surface area contributed by atoms with Crippen molar-refractivity contribution in [3.8, 4) is 6.01 Å². The average Bonchev–Trinajstić information content (AvgIpc) is 2.75. The molecule has 0 spiro atoms. The first kappa shape index (κ1) is 21.2. The zero-order chi connectivity index (χ0) is 21.0. The summed E-state index contributed by atoms with van der Waals surface area (Å²) in [5.74, 6) is 1.28. The summed E-state index contributed by atoms with van der Waals surface area (Å²) in [6.45, 7) is 5.49. The van der Waals surface area contributed by atoms with Gasteiger partial charge in [0.1, 0.15) is 5.82 Å². The molecule has 2 N–H and O–H groups in total. The number of benzene rings is 1. The van der Waals surface area contributed by atoms with Crippen molar-refractivity contribution in [1.29, 1.82) is 0 Å². The third-order valence-electron chi connectivity index (χ3n) is 4.29. The number of hydrazone groups is 1. The van der Waals surface area contributed by atoms with Gasteiger partial charge in [-0.15, -0.1) is 0 Å². The molecule has 7 nitrogen and oxygen atoms in total. The predicted octanol–water partition coefficient (Wildman–Crippen LogP) is 4.46. The predicted molar refractivity (Wildman–Crippen MR) is 121 cm³/mol. The minimum Gasteiger partial charge on any atom is -0.463 e. The van der Waals surface area contributed by atoms with Gasteiger partial charge in [-0.05, 0) is 31.0 Å². The lowest BCUT2D eigenvalue weighted by molar-refractivity contribution is 0.296. The Morgan fingerprint density at radius 3 is 2.77 bits per heavy atom. The molecular weight excluding hydrogens is 376 g/mol. The van der Waals surface area contributed by atoms with E-state index in [2.05, 4.69) is 56.8 Å². The molecule has 2 aromatic heterocycles. The maximum atomic E-state index is 5.78. The van der Waals surface area contributed by atoms with E-state index in [-0.39, 0.29) is 0 Å². The van der Waals surface area contributed by atoms with Gasteiger partial charge < -0.3 is 10.1 Å². The van der Waals surface area contributed by atoms with Crippen LogP contribution in [0.1, 0.15) is 36.6 Å². The van der Waals surface area contributed by atoms with E-state index in [9.17, 15) is 0 Å². The maximum Gasteiger partial charge on any atom is 0.320 e. The number of hydrogen-bond donors (Lipinski definition) is 2. The van der Waals surface area contributed by atoms with Crippen LogP contribution in [-0.4, -0.2) is 34.3 Å². The fourth-order valence-electron chi connectivity index (χ4n) is 2.75. The van der Waals surface area contributed by atoms with Crippen LogP contribution >= 0.6 is 0 Å². The SMILES string of the molecule is CCCCNc1cc(N/N=C/c2cccc(C)c2)nc(OCCc2ccccn2)n1. The Hall–Kier alpha value is -3.48. The number of nitrogens with one attached hydrogen (secondary N) is 2. The lowest BCUT2D eigenvalue weighted by Gasteiger charge is -2.10. The molecule has 0 aliphatic rings. The molecule has 0 fully saturated rings. The summed E-state index contributed by atoms with van der Waals surface area (Å²) in [4.78, 5) is 13.2. The molecule has 0 saturated carbocycles. The summed E-state index contributed by atoms with van der Waals surface area (Å²) in [5, 5.41) is 7.62. The molecule has 7 heteroatoms. The first-order valence-electron chi connectivity index (χ1n) is 10.2. The topological polar surface area (TPSA) is 84.3 Å². The number of unbranched alkanes of at least 4 members (excludes halogenated alkanes) is 1. The van der Waals surface area contributed by atoms with Gasteiger partial charge in [0.15, 0.2) is 5.82 Å². The van der Waals surface area contributed by atoms with Gasteiger partial charge in [0.05, 0.1) is 12.8 Å². The van der Waals surface area contributed by atoms with Crippen LogP contribution in [0.2, 0.25) is 0 Å². The molecule has 0 aliphatic heterocycles. The van der Waals surface area contributed by atoms with Crippen molar-refractivity contribution in [2.75, 3.05) is 23.9 Å². The molecule has 30 heavy (non-hydrogen) atoms. The normalized spacial score (nSPS) is 10.9. The van der Waals surface area contributed by atoms with Crippen molar-refractivity contribution < 1.29 is 4.74 Å². The second-order valence-corrected chi connectivity index (χ2v) is 6.91. The highest BCUT2D eigenvalue weighted by atomic mass is 16.5. The second-order valence-electron chi connectivity index (χ2n) is 6.91. The van der Waals surface area contributed by atoms with Gasteiger partial charge in [0, 0.05) is 30.9 Å². The number of aryl methyl sites for hydroxylation is 1. The fraction of sp³-hybridized carbons (Fsp3) is 0.304. The highest BCUT2D eigenvalue weighted by molar-refractivity contribution is 5.80. The fourth-order valence-corrected chi connectivity index (χ4v) is 2.75. The molecule has 3 aromatic rings. The maximum absolute atomic E-state index is 5.78. The standard InChI is InChI=1S/C23H28N6O/c1-3-4-12-25-21-16-22(29-26-17-19-9-7-8-18(2)15-19)28-23(27-21)30-14-11-20-10-5-6-13-24-20/h5-10,13,15-17H,3-4,11-12,14H2,1-2H3,(H2,25,27,28,29)/b26-17+. The molecule has 2 heterocycles. The van der Waals surface area contributed by atoms with E-state index in [1.807, 2.05) is 36.4 Å².